The fourth-order valence-electron chi connectivity index (χ4n) is 7.30. The molecule has 0 saturated carbocycles. The first-order valence-corrected chi connectivity index (χ1v) is 20.9. The van der Waals surface area contributed by atoms with E-state index in [9.17, 15) is 13.6 Å². The van der Waals surface area contributed by atoms with Gasteiger partial charge in [0.25, 0.3) is 0 Å². The number of aryl methyl sites for hydroxylation is 2. The Labute approximate surface area is 368 Å². The van der Waals surface area contributed by atoms with E-state index in [1.165, 1.54) is 24.3 Å². The highest BCUT2D eigenvalue weighted by molar-refractivity contribution is 5.93. The number of pyridine rings is 2. The molecule has 0 radical (unpaired) electrons. The van der Waals surface area contributed by atoms with Crippen molar-refractivity contribution in [3.8, 4) is 44.8 Å². The molecule has 4 N–H and O–H groups in total. The van der Waals surface area contributed by atoms with Crippen LogP contribution in [-0.2, 0) is 9.47 Å². The number of hydrogen-bond acceptors (Lipinski definition) is 11. The van der Waals surface area contributed by atoms with Crippen LogP contribution in [0, 0.1) is 25.5 Å². The number of anilines is 2. The van der Waals surface area contributed by atoms with Crippen molar-refractivity contribution in [2.45, 2.75) is 13.8 Å². The van der Waals surface area contributed by atoms with Crippen molar-refractivity contribution in [3.05, 3.63) is 145 Å². The molecule has 4 aromatic carbocycles. The summed E-state index contributed by atoms with van der Waals surface area (Å²) in [6.07, 6.45) is 3.11. The number of amides is 2. The summed E-state index contributed by atoms with van der Waals surface area (Å²) < 4.78 is 37.2. The third-order valence-corrected chi connectivity index (χ3v) is 10.7. The average Bonchev–Trinajstić information content (AvgIpc) is 3.33. The van der Waals surface area contributed by atoms with Crippen LogP contribution >= 0.6 is 0 Å². The van der Waals surface area contributed by atoms with Crippen molar-refractivity contribution in [3.63, 3.8) is 0 Å². The van der Waals surface area contributed by atoms with E-state index in [0.717, 1.165) is 92.9 Å². The molecule has 0 bridgehead atoms. The number of nitrogens with zero attached hydrogens (tertiary/aromatic N) is 7. The minimum Gasteiger partial charge on any atom is -0.384 e. The Morgan fingerprint density at radius 1 is 0.609 bits per heavy atom. The number of benzene rings is 4. The molecular weight excluding hydrogens is 815 g/mol. The molecule has 2 amide bonds. The standard InChI is InChI=1S/C25H22FN5O2.C20H15FN4.C4H9NO/c1-16-21-14-18(4-8-22(21)28-15-27-16)20-7-9-23(30-25(32)31-10-12-33-13-11-31)29-24(20)17-2-5-19(26)6-3-17;1-12-17-10-14(4-8-18(17)24-11-23-12)16-7-9-19(22)25-20(16)13-2-5-15(21)6-3-13;1-3-6-4-2-5-1/h2-9,14-15H,10-13H2,1H3,(H,29,30,32);2-11H,1H3,(H2,22,25);5H,1-4H2. The first-order valence-electron chi connectivity index (χ1n) is 20.9. The number of nitrogen functional groups attached to an aromatic ring is 1. The third-order valence-electron chi connectivity index (χ3n) is 10.7. The lowest BCUT2D eigenvalue weighted by atomic mass is 9.97. The number of aromatic nitrogens is 6. The molecule has 324 valence electrons. The molecule has 0 spiro atoms. The van der Waals surface area contributed by atoms with E-state index in [4.69, 9.17) is 20.2 Å². The van der Waals surface area contributed by atoms with Crippen LogP contribution in [0.1, 0.15) is 11.4 Å². The number of halogens is 2. The van der Waals surface area contributed by atoms with Gasteiger partial charge in [-0.05, 0) is 122 Å². The van der Waals surface area contributed by atoms with Crippen LogP contribution in [0.4, 0.5) is 25.2 Å². The van der Waals surface area contributed by atoms with Gasteiger partial charge in [0.2, 0.25) is 0 Å². The average molecular weight is 861 g/mol. The van der Waals surface area contributed by atoms with Gasteiger partial charge in [-0.1, -0.05) is 12.1 Å². The van der Waals surface area contributed by atoms with Crippen molar-refractivity contribution >= 4 is 39.5 Å². The van der Waals surface area contributed by atoms with Crippen LogP contribution in [0.25, 0.3) is 66.6 Å². The van der Waals surface area contributed by atoms with Gasteiger partial charge in [-0.2, -0.15) is 0 Å². The van der Waals surface area contributed by atoms with Crippen molar-refractivity contribution in [2.75, 3.05) is 63.7 Å². The number of rotatable bonds is 5. The van der Waals surface area contributed by atoms with Crippen molar-refractivity contribution < 1.29 is 23.0 Å². The fourth-order valence-corrected chi connectivity index (χ4v) is 7.30. The number of carbonyl (C=O) groups is 1. The third kappa shape index (κ3) is 10.5. The Balaban J connectivity index is 0.000000159. The van der Waals surface area contributed by atoms with Crippen LogP contribution in [0.2, 0.25) is 0 Å². The quantitative estimate of drug-likeness (QED) is 0.152. The van der Waals surface area contributed by atoms with Crippen LogP contribution < -0.4 is 16.4 Å². The molecule has 2 saturated heterocycles. The Kier molecular flexibility index (Phi) is 13.7. The van der Waals surface area contributed by atoms with E-state index < -0.39 is 0 Å². The van der Waals surface area contributed by atoms with Crippen molar-refractivity contribution in [1.82, 2.24) is 40.1 Å². The predicted octanol–water partition coefficient (Wildman–Crippen LogP) is 8.67. The number of carbonyl (C=O) groups excluding carboxylic acids is 1. The zero-order valence-electron chi connectivity index (χ0n) is 35.4. The Morgan fingerprint density at radius 2 is 1.09 bits per heavy atom. The van der Waals surface area contributed by atoms with Crippen LogP contribution in [-0.4, -0.2) is 93.4 Å². The van der Waals surface area contributed by atoms with Crippen LogP contribution in [0.15, 0.2) is 122 Å². The second kappa shape index (κ2) is 20.2. The first-order chi connectivity index (χ1) is 31.2. The van der Waals surface area contributed by atoms with Gasteiger partial charge in [-0.3, -0.25) is 5.32 Å². The Morgan fingerprint density at radius 3 is 1.59 bits per heavy atom. The molecule has 8 aromatic rings. The van der Waals surface area contributed by atoms with Gasteiger partial charge < -0.3 is 25.4 Å². The highest BCUT2D eigenvalue weighted by atomic mass is 19.1. The highest BCUT2D eigenvalue weighted by Crippen LogP contribution is 2.35. The van der Waals surface area contributed by atoms with Gasteiger partial charge in [-0.25, -0.2) is 43.5 Å². The van der Waals surface area contributed by atoms with Crippen LogP contribution in [0.5, 0.6) is 0 Å². The summed E-state index contributed by atoms with van der Waals surface area (Å²) in [7, 11) is 0. The second-order valence-corrected chi connectivity index (χ2v) is 15.0. The smallest absolute Gasteiger partial charge is 0.323 e. The number of morpholine rings is 2. The summed E-state index contributed by atoms with van der Waals surface area (Å²) in [6.45, 7) is 9.84. The molecule has 0 unspecified atom stereocenters. The molecular formula is C49H46F2N10O3. The molecule has 4 aromatic heterocycles. The Hall–Kier alpha value is -7.33. The summed E-state index contributed by atoms with van der Waals surface area (Å²) in [6, 6.07) is 31.5. The maximum atomic E-state index is 13.6. The fraction of sp³-hybridized carbons (Fsp3) is 0.204. The monoisotopic (exact) mass is 860 g/mol. The molecule has 0 atom stereocenters. The normalized spacial score (nSPS) is 13.7. The van der Waals surface area contributed by atoms with Gasteiger partial charge in [0.15, 0.2) is 0 Å². The summed E-state index contributed by atoms with van der Waals surface area (Å²) in [5.41, 5.74) is 16.0. The number of nitrogens with one attached hydrogen (secondary N) is 2. The molecule has 2 aliphatic rings. The topological polar surface area (TPSA) is 166 Å². The van der Waals surface area contributed by atoms with Crippen LogP contribution in [0.3, 0.4) is 0 Å². The van der Waals surface area contributed by atoms with Gasteiger partial charge >= 0.3 is 6.03 Å². The maximum Gasteiger partial charge on any atom is 0.323 e. The number of nitrogens with two attached hydrogens (primary N) is 1. The molecule has 15 heteroatoms. The molecule has 0 aliphatic carbocycles. The summed E-state index contributed by atoms with van der Waals surface area (Å²) in [5, 5.41) is 7.97. The second-order valence-electron chi connectivity index (χ2n) is 15.0. The Bertz CT molecular complexity index is 2880. The minimum atomic E-state index is -0.324. The molecule has 2 aliphatic heterocycles. The van der Waals surface area contributed by atoms with Gasteiger partial charge in [0.05, 0.1) is 48.8 Å². The largest absolute Gasteiger partial charge is 0.384 e. The molecule has 10 rings (SSSR count). The minimum absolute atomic E-state index is 0.220. The van der Waals surface area contributed by atoms with Gasteiger partial charge in [0, 0.05) is 70.6 Å². The van der Waals surface area contributed by atoms with Crippen molar-refractivity contribution in [1.29, 1.82) is 0 Å². The number of urea groups is 1. The molecule has 6 heterocycles. The molecule has 2 fully saturated rings. The number of hydrogen-bond donors (Lipinski definition) is 3. The van der Waals surface area contributed by atoms with E-state index in [1.807, 2.05) is 62.4 Å². The lowest BCUT2D eigenvalue weighted by Gasteiger charge is -2.26. The zero-order valence-corrected chi connectivity index (χ0v) is 35.4. The number of ether oxygens (including phenoxy) is 2. The van der Waals surface area contributed by atoms with E-state index in [-0.39, 0.29) is 17.7 Å². The predicted molar refractivity (Wildman–Crippen MR) is 245 cm³/mol. The van der Waals surface area contributed by atoms with Gasteiger partial charge in [-0.15, -0.1) is 0 Å². The highest BCUT2D eigenvalue weighted by Gasteiger charge is 2.19. The van der Waals surface area contributed by atoms with Crippen molar-refractivity contribution in [2.24, 2.45) is 0 Å². The SMILES string of the molecule is C1COCCN1.Cc1ncnc2ccc(-c3ccc(N)nc3-c3ccc(F)cc3)cc12.Cc1ncnc2ccc(-c3ccc(NC(=O)N4CCOCC4)nc3-c3ccc(F)cc3)cc12. The van der Waals surface area contributed by atoms with E-state index >= 15 is 0 Å². The van der Waals surface area contributed by atoms with E-state index in [2.05, 4.69) is 35.6 Å². The lowest BCUT2D eigenvalue weighted by molar-refractivity contribution is 0.0564. The zero-order chi connectivity index (χ0) is 44.4. The molecule has 13 nitrogen and oxygen atoms in total. The number of fused-ring (bicyclic) bond motifs is 2. The maximum absolute atomic E-state index is 13.6. The van der Waals surface area contributed by atoms with Gasteiger partial charge in [0.1, 0.15) is 35.9 Å². The first kappa shape index (κ1) is 43.3. The molecule has 64 heavy (non-hydrogen) atoms. The summed E-state index contributed by atoms with van der Waals surface area (Å²) in [4.78, 5) is 40.7. The lowest BCUT2D eigenvalue weighted by Crippen LogP contribution is -2.43. The van der Waals surface area contributed by atoms with E-state index in [1.54, 1.807) is 54.0 Å². The summed E-state index contributed by atoms with van der Waals surface area (Å²) >= 11 is 0. The summed E-state index contributed by atoms with van der Waals surface area (Å²) in [5.74, 6) is 0.237. The van der Waals surface area contributed by atoms with E-state index in [0.29, 0.717) is 49.3 Å².